The Bertz CT molecular complexity index is 587. The van der Waals surface area contributed by atoms with E-state index in [2.05, 4.69) is 55.5 Å². The molecular formula is C21H40IN5OS. The van der Waals surface area contributed by atoms with Crippen LogP contribution >= 0.6 is 35.3 Å². The fourth-order valence-corrected chi connectivity index (χ4v) is 4.25. The number of aromatic nitrogens is 1. The van der Waals surface area contributed by atoms with E-state index in [1.165, 1.54) is 17.1 Å². The maximum atomic E-state index is 5.52. The van der Waals surface area contributed by atoms with Gasteiger partial charge < -0.3 is 15.4 Å². The van der Waals surface area contributed by atoms with Gasteiger partial charge in [-0.25, -0.2) is 4.98 Å². The minimum atomic E-state index is 0. The first-order valence-electron chi connectivity index (χ1n) is 10.8. The molecule has 6 nitrogen and oxygen atoms in total. The van der Waals surface area contributed by atoms with Crippen LogP contribution < -0.4 is 10.6 Å². The van der Waals surface area contributed by atoms with Crippen LogP contribution in [0.3, 0.4) is 0 Å². The van der Waals surface area contributed by atoms with Gasteiger partial charge in [-0.3, -0.25) is 9.89 Å². The predicted octanol–water partition coefficient (Wildman–Crippen LogP) is 3.73. The van der Waals surface area contributed by atoms with Gasteiger partial charge in [0.2, 0.25) is 0 Å². The molecule has 168 valence electrons. The number of halogens is 1. The summed E-state index contributed by atoms with van der Waals surface area (Å²) >= 11 is 1.76. The smallest absolute Gasteiger partial charge is 0.191 e. The number of ether oxygens (including phenoxy) is 1. The van der Waals surface area contributed by atoms with Gasteiger partial charge in [0, 0.05) is 49.9 Å². The minimum absolute atomic E-state index is 0. The first kappa shape index (κ1) is 26.6. The predicted molar refractivity (Wildman–Crippen MR) is 135 cm³/mol. The lowest BCUT2D eigenvalue weighted by Gasteiger charge is -2.34. The molecule has 2 heterocycles. The van der Waals surface area contributed by atoms with Crippen molar-refractivity contribution < 1.29 is 4.74 Å². The van der Waals surface area contributed by atoms with E-state index in [9.17, 15) is 0 Å². The Labute approximate surface area is 198 Å². The van der Waals surface area contributed by atoms with Crippen molar-refractivity contribution in [3.8, 4) is 0 Å². The Kier molecular flexibility index (Phi) is 13.3. The zero-order valence-corrected chi connectivity index (χ0v) is 21.9. The molecular weight excluding hydrogens is 497 g/mol. The topological polar surface area (TPSA) is 61.8 Å². The average Bonchev–Trinajstić information content (AvgIpc) is 3.14. The summed E-state index contributed by atoms with van der Waals surface area (Å²) in [7, 11) is 0. The molecule has 0 spiro atoms. The van der Waals surface area contributed by atoms with Crippen molar-refractivity contribution in [3.63, 3.8) is 0 Å². The molecule has 2 N–H and O–H groups in total. The number of nitrogens with one attached hydrogen (secondary N) is 2. The maximum Gasteiger partial charge on any atom is 0.191 e. The molecule has 1 fully saturated rings. The molecule has 1 atom stereocenters. The zero-order chi connectivity index (χ0) is 20.4. The summed E-state index contributed by atoms with van der Waals surface area (Å²) < 4.78 is 5.52. The molecule has 0 bridgehead atoms. The van der Waals surface area contributed by atoms with Gasteiger partial charge in [0.05, 0.1) is 30.5 Å². The molecule has 0 aromatic carbocycles. The molecule has 0 amide bonds. The molecule has 0 aliphatic carbocycles. The number of rotatable bonds is 10. The molecule has 1 aromatic rings. The molecule has 1 aromatic heterocycles. The van der Waals surface area contributed by atoms with Crippen molar-refractivity contribution in [2.45, 2.75) is 59.4 Å². The summed E-state index contributed by atoms with van der Waals surface area (Å²) in [6.07, 6.45) is 2.09. The van der Waals surface area contributed by atoms with Crippen molar-refractivity contribution >= 4 is 41.3 Å². The molecule has 29 heavy (non-hydrogen) atoms. The highest BCUT2D eigenvalue weighted by molar-refractivity contribution is 14.0. The summed E-state index contributed by atoms with van der Waals surface area (Å²) in [5.41, 5.74) is 1.17. The van der Waals surface area contributed by atoms with Crippen LogP contribution in [-0.4, -0.2) is 67.8 Å². The molecule has 0 saturated carbocycles. The van der Waals surface area contributed by atoms with E-state index in [4.69, 9.17) is 14.7 Å². The second-order valence-corrected chi connectivity index (χ2v) is 9.05. The van der Waals surface area contributed by atoms with Crippen LogP contribution in [0.1, 0.15) is 57.7 Å². The Morgan fingerprint density at radius 2 is 1.97 bits per heavy atom. The van der Waals surface area contributed by atoms with Crippen molar-refractivity contribution in [2.75, 3.05) is 45.9 Å². The van der Waals surface area contributed by atoms with Gasteiger partial charge in [-0.15, -0.1) is 35.3 Å². The number of hydrogen-bond donors (Lipinski definition) is 2. The van der Waals surface area contributed by atoms with Gasteiger partial charge in [0.25, 0.3) is 0 Å². The van der Waals surface area contributed by atoms with E-state index in [-0.39, 0.29) is 24.0 Å². The Morgan fingerprint density at radius 3 is 2.55 bits per heavy atom. The van der Waals surface area contributed by atoms with E-state index in [1.807, 2.05) is 0 Å². The lowest BCUT2D eigenvalue weighted by atomic mass is 10.0. The molecule has 8 heteroatoms. The average molecular weight is 538 g/mol. The number of nitrogens with zero attached hydrogens (tertiary/aromatic N) is 3. The Balaban J connectivity index is 0.00000420. The zero-order valence-electron chi connectivity index (χ0n) is 18.7. The maximum absolute atomic E-state index is 5.52. The lowest BCUT2D eigenvalue weighted by molar-refractivity contribution is 0.0143. The Hall–Kier alpha value is -0.450. The largest absolute Gasteiger partial charge is 0.379 e. The van der Waals surface area contributed by atoms with Gasteiger partial charge in [-0.2, -0.15) is 0 Å². The van der Waals surface area contributed by atoms with Crippen molar-refractivity contribution in [2.24, 2.45) is 10.9 Å². The van der Waals surface area contributed by atoms with Gasteiger partial charge in [0.15, 0.2) is 5.96 Å². The van der Waals surface area contributed by atoms with Crippen LogP contribution in [0.4, 0.5) is 0 Å². The standard InChI is InChI=1S/C21H39N5OS.HI/c1-6-22-21(23-8-7-18-15-28-20(25-18)17(4)5)24-14-19(13-16(2)3)26-9-11-27-12-10-26;/h15-17,19H,6-14H2,1-5H3,(H2,22,23,24);1H. The second kappa shape index (κ2) is 14.5. The van der Waals surface area contributed by atoms with E-state index in [1.54, 1.807) is 11.3 Å². The third kappa shape index (κ3) is 9.93. The number of guanidine groups is 1. The minimum Gasteiger partial charge on any atom is -0.379 e. The molecule has 2 rings (SSSR count). The third-order valence-corrected chi connectivity index (χ3v) is 6.04. The SMILES string of the molecule is CCNC(=NCC(CC(C)C)N1CCOCC1)NCCc1csc(C(C)C)n1.I. The summed E-state index contributed by atoms with van der Waals surface area (Å²) in [4.78, 5) is 12.2. The lowest BCUT2D eigenvalue weighted by Crippen LogP contribution is -2.46. The van der Waals surface area contributed by atoms with E-state index >= 15 is 0 Å². The van der Waals surface area contributed by atoms with Gasteiger partial charge in [0.1, 0.15) is 0 Å². The van der Waals surface area contributed by atoms with Gasteiger partial charge >= 0.3 is 0 Å². The van der Waals surface area contributed by atoms with Crippen LogP contribution in [0, 0.1) is 5.92 Å². The van der Waals surface area contributed by atoms with Crippen molar-refractivity contribution in [1.29, 1.82) is 0 Å². The van der Waals surface area contributed by atoms with E-state index in [0.717, 1.165) is 58.3 Å². The van der Waals surface area contributed by atoms with Crippen molar-refractivity contribution in [1.82, 2.24) is 20.5 Å². The summed E-state index contributed by atoms with van der Waals surface area (Å²) in [6, 6.07) is 0.478. The number of hydrogen-bond acceptors (Lipinski definition) is 5. The highest BCUT2D eigenvalue weighted by Gasteiger charge is 2.21. The van der Waals surface area contributed by atoms with E-state index in [0.29, 0.717) is 17.9 Å². The summed E-state index contributed by atoms with van der Waals surface area (Å²) in [5, 5.41) is 10.3. The van der Waals surface area contributed by atoms with Gasteiger partial charge in [-0.05, 0) is 19.3 Å². The molecule has 1 aliphatic heterocycles. The Morgan fingerprint density at radius 1 is 1.24 bits per heavy atom. The highest BCUT2D eigenvalue weighted by atomic mass is 127. The molecule has 1 aliphatic rings. The van der Waals surface area contributed by atoms with Crippen LogP contribution in [0.2, 0.25) is 0 Å². The number of morpholine rings is 1. The molecule has 0 radical (unpaired) electrons. The molecule has 1 unspecified atom stereocenters. The van der Waals surface area contributed by atoms with Gasteiger partial charge in [-0.1, -0.05) is 27.7 Å². The highest BCUT2D eigenvalue weighted by Crippen LogP contribution is 2.19. The van der Waals surface area contributed by atoms with Crippen molar-refractivity contribution in [3.05, 3.63) is 16.1 Å². The van der Waals surface area contributed by atoms with E-state index < -0.39 is 0 Å². The molecule has 1 saturated heterocycles. The number of thiazole rings is 1. The number of aliphatic imine (C=N–C) groups is 1. The normalized spacial score (nSPS) is 16.7. The first-order valence-corrected chi connectivity index (χ1v) is 11.7. The summed E-state index contributed by atoms with van der Waals surface area (Å²) in [6.45, 7) is 17.3. The fourth-order valence-electron chi connectivity index (χ4n) is 3.38. The monoisotopic (exact) mass is 537 g/mol. The quantitative estimate of drug-likeness (QED) is 0.271. The van der Waals surface area contributed by atoms with Crippen LogP contribution in [0.25, 0.3) is 0 Å². The van der Waals surface area contributed by atoms with Crippen LogP contribution in [0.15, 0.2) is 10.4 Å². The summed E-state index contributed by atoms with van der Waals surface area (Å²) in [5.74, 6) is 2.07. The van der Waals surface area contributed by atoms with Crippen LogP contribution in [0.5, 0.6) is 0 Å². The second-order valence-electron chi connectivity index (χ2n) is 8.16. The van der Waals surface area contributed by atoms with Crippen LogP contribution in [-0.2, 0) is 11.2 Å². The first-order chi connectivity index (χ1) is 13.5. The third-order valence-electron chi connectivity index (χ3n) is 4.85. The fraction of sp³-hybridized carbons (Fsp3) is 0.810.